The monoisotopic (exact) mass is 239 g/mol. The number of para-hydroxylation sites is 1. The molecular formula is C12H17NO4. The molecule has 1 aromatic rings. The number of nitro groups is 1. The van der Waals surface area contributed by atoms with Crippen molar-refractivity contribution in [2.75, 3.05) is 0 Å². The SMILES string of the molecule is CCCCC(=O)O.Cc1ccccc1[N+](=O)[O-]. The minimum Gasteiger partial charge on any atom is -0.481 e. The largest absolute Gasteiger partial charge is 0.481 e. The van der Waals surface area contributed by atoms with E-state index >= 15 is 0 Å². The molecule has 0 atom stereocenters. The molecule has 94 valence electrons. The molecule has 0 bridgehead atoms. The van der Waals surface area contributed by atoms with Gasteiger partial charge in [-0.1, -0.05) is 31.5 Å². The molecule has 0 spiro atoms. The summed E-state index contributed by atoms with van der Waals surface area (Å²) in [5.74, 6) is -0.693. The molecule has 0 fully saturated rings. The van der Waals surface area contributed by atoms with Crippen molar-refractivity contribution in [1.29, 1.82) is 0 Å². The number of nitrogens with zero attached hydrogens (tertiary/aromatic N) is 1. The highest BCUT2D eigenvalue weighted by Crippen LogP contribution is 2.14. The Balaban J connectivity index is 0.000000325. The van der Waals surface area contributed by atoms with Gasteiger partial charge in [-0.15, -0.1) is 0 Å². The minimum absolute atomic E-state index is 0.183. The van der Waals surface area contributed by atoms with Crippen molar-refractivity contribution < 1.29 is 14.8 Å². The molecule has 0 saturated heterocycles. The summed E-state index contributed by atoms with van der Waals surface area (Å²) < 4.78 is 0. The van der Waals surface area contributed by atoms with E-state index in [1.54, 1.807) is 25.1 Å². The van der Waals surface area contributed by atoms with Crippen molar-refractivity contribution in [2.24, 2.45) is 0 Å². The third kappa shape index (κ3) is 7.05. The van der Waals surface area contributed by atoms with E-state index in [-0.39, 0.29) is 10.6 Å². The van der Waals surface area contributed by atoms with Crippen molar-refractivity contribution in [3.63, 3.8) is 0 Å². The van der Waals surface area contributed by atoms with Gasteiger partial charge in [-0.05, 0) is 13.3 Å². The first-order valence-electron chi connectivity index (χ1n) is 5.40. The summed E-state index contributed by atoms with van der Waals surface area (Å²) in [7, 11) is 0. The van der Waals surface area contributed by atoms with Gasteiger partial charge in [0.2, 0.25) is 0 Å². The average molecular weight is 239 g/mol. The standard InChI is InChI=1S/C7H7NO2.C5H10O2/c1-6-4-2-3-5-7(6)8(9)10;1-2-3-4-5(6)7/h2-5H,1H3;2-4H2,1H3,(H,6,7). The van der Waals surface area contributed by atoms with Gasteiger partial charge < -0.3 is 5.11 Å². The maximum absolute atomic E-state index is 10.2. The van der Waals surface area contributed by atoms with Gasteiger partial charge in [0.15, 0.2) is 0 Å². The predicted octanol–water partition coefficient (Wildman–Crippen LogP) is 3.16. The second-order valence-electron chi connectivity index (χ2n) is 3.54. The van der Waals surface area contributed by atoms with Crippen LogP contribution in [0.3, 0.4) is 0 Å². The van der Waals surface area contributed by atoms with Crippen LogP contribution in [-0.4, -0.2) is 16.0 Å². The molecule has 5 nitrogen and oxygen atoms in total. The summed E-state index contributed by atoms with van der Waals surface area (Å²) in [6.07, 6.45) is 2.08. The summed E-state index contributed by atoms with van der Waals surface area (Å²) in [6, 6.07) is 6.65. The number of carboxylic acids is 1. The first kappa shape index (κ1) is 15.1. The zero-order valence-electron chi connectivity index (χ0n) is 10.0. The summed E-state index contributed by atoms with van der Waals surface area (Å²) in [6.45, 7) is 3.70. The number of benzene rings is 1. The molecule has 17 heavy (non-hydrogen) atoms. The zero-order valence-corrected chi connectivity index (χ0v) is 10.0. The van der Waals surface area contributed by atoms with Crippen LogP contribution in [0.25, 0.3) is 0 Å². The average Bonchev–Trinajstić information content (AvgIpc) is 2.27. The second-order valence-corrected chi connectivity index (χ2v) is 3.54. The number of hydrogen-bond donors (Lipinski definition) is 1. The lowest BCUT2D eigenvalue weighted by atomic mass is 10.2. The van der Waals surface area contributed by atoms with Crippen LogP contribution < -0.4 is 0 Å². The summed E-state index contributed by atoms with van der Waals surface area (Å²) in [5.41, 5.74) is 0.884. The van der Waals surface area contributed by atoms with Gasteiger partial charge in [0.1, 0.15) is 0 Å². The number of aliphatic carboxylic acids is 1. The number of carboxylic acid groups (broad SMARTS) is 1. The zero-order chi connectivity index (χ0) is 13.3. The fourth-order valence-electron chi connectivity index (χ4n) is 1.10. The molecule has 0 saturated carbocycles. The van der Waals surface area contributed by atoms with Crippen molar-refractivity contribution in [3.05, 3.63) is 39.9 Å². The van der Waals surface area contributed by atoms with Gasteiger partial charge in [0.05, 0.1) is 4.92 Å². The van der Waals surface area contributed by atoms with Crippen LogP contribution in [-0.2, 0) is 4.79 Å². The lowest BCUT2D eigenvalue weighted by Gasteiger charge is -1.92. The van der Waals surface area contributed by atoms with Crippen LogP contribution in [0.1, 0.15) is 31.7 Å². The Morgan fingerprint density at radius 3 is 2.29 bits per heavy atom. The van der Waals surface area contributed by atoms with Crippen LogP contribution >= 0.6 is 0 Å². The first-order chi connectivity index (χ1) is 7.99. The van der Waals surface area contributed by atoms with E-state index < -0.39 is 5.97 Å². The third-order valence-electron chi connectivity index (χ3n) is 2.06. The topological polar surface area (TPSA) is 80.4 Å². The quantitative estimate of drug-likeness (QED) is 0.646. The fourth-order valence-corrected chi connectivity index (χ4v) is 1.10. The van der Waals surface area contributed by atoms with E-state index in [2.05, 4.69) is 0 Å². The van der Waals surface area contributed by atoms with Crippen LogP contribution in [0, 0.1) is 17.0 Å². The van der Waals surface area contributed by atoms with E-state index in [0.29, 0.717) is 12.0 Å². The summed E-state index contributed by atoms with van der Waals surface area (Å²) >= 11 is 0. The first-order valence-corrected chi connectivity index (χ1v) is 5.40. The van der Waals surface area contributed by atoms with Gasteiger partial charge in [0, 0.05) is 18.1 Å². The number of aryl methyl sites for hydroxylation is 1. The lowest BCUT2D eigenvalue weighted by Crippen LogP contribution is -1.91. The fraction of sp³-hybridized carbons (Fsp3) is 0.417. The van der Waals surface area contributed by atoms with Gasteiger partial charge in [-0.2, -0.15) is 0 Å². The Kier molecular flexibility index (Phi) is 7.34. The molecule has 0 unspecified atom stereocenters. The molecular weight excluding hydrogens is 222 g/mol. The maximum atomic E-state index is 10.2. The molecule has 0 aliphatic carbocycles. The Labute approximate surface area is 100 Å². The Morgan fingerprint density at radius 2 is 2.00 bits per heavy atom. The van der Waals surface area contributed by atoms with E-state index in [1.165, 1.54) is 6.07 Å². The smallest absolute Gasteiger partial charge is 0.303 e. The molecule has 5 heteroatoms. The molecule has 1 aromatic carbocycles. The number of unbranched alkanes of at least 4 members (excludes halogenated alkanes) is 1. The highest BCUT2D eigenvalue weighted by molar-refractivity contribution is 5.66. The van der Waals surface area contributed by atoms with E-state index in [9.17, 15) is 14.9 Å². The third-order valence-corrected chi connectivity index (χ3v) is 2.06. The van der Waals surface area contributed by atoms with Crippen molar-refractivity contribution in [1.82, 2.24) is 0 Å². The Hall–Kier alpha value is -1.91. The maximum Gasteiger partial charge on any atom is 0.303 e. The highest BCUT2D eigenvalue weighted by atomic mass is 16.6. The molecule has 0 amide bonds. The molecule has 1 rings (SSSR count). The normalized spacial score (nSPS) is 9.06. The van der Waals surface area contributed by atoms with Gasteiger partial charge in [-0.25, -0.2) is 0 Å². The summed E-state index contributed by atoms with van der Waals surface area (Å²) in [4.78, 5) is 19.6. The second kappa shape index (κ2) is 8.27. The van der Waals surface area contributed by atoms with Crippen molar-refractivity contribution >= 4 is 11.7 Å². The van der Waals surface area contributed by atoms with Crippen LogP contribution in [0.2, 0.25) is 0 Å². The summed E-state index contributed by atoms with van der Waals surface area (Å²) in [5, 5.41) is 18.3. The molecule has 0 aliphatic heterocycles. The Bertz CT molecular complexity index is 377. The number of nitro benzene ring substituents is 1. The van der Waals surface area contributed by atoms with Crippen molar-refractivity contribution in [3.8, 4) is 0 Å². The number of hydrogen-bond acceptors (Lipinski definition) is 3. The Morgan fingerprint density at radius 1 is 1.41 bits per heavy atom. The van der Waals surface area contributed by atoms with Crippen LogP contribution in [0.15, 0.2) is 24.3 Å². The van der Waals surface area contributed by atoms with Gasteiger partial charge >= 0.3 is 5.97 Å². The lowest BCUT2D eigenvalue weighted by molar-refractivity contribution is -0.385. The van der Waals surface area contributed by atoms with Gasteiger partial charge in [0.25, 0.3) is 5.69 Å². The molecule has 0 radical (unpaired) electrons. The van der Waals surface area contributed by atoms with E-state index in [1.807, 2.05) is 6.92 Å². The molecule has 0 aromatic heterocycles. The molecule has 0 aliphatic rings. The van der Waals surface area contributed by atoms with Crippen LogP contribution in [0.4, 0.5) is 5.69 Å². The van der Waals surface area contributed by atoms with Gasteiger partial charge in [-0.3, -0.25) is 14.9 Å². The number of rotatable bonds is 4. The predicted molar refractivity (Wildman–Crippen MR) is 65.0 cm³/mol. The molecule has 1 N–H and O–H groups in total. The molecule has 0 heterocycles. The van der Waals surface area contributed by atoms with Crippen LogP contribution in [0.5, 0.6) is 0 Å². The van der Waals surface area contributed by atoms with Crippen molar-refractivity contribution in [2.45, 2.75) is 33.1 Å². The van der Waals surface area contributed by atoms with E-state index in [0.717, 1.165) is 12.8 Å². The number of carbonyl (C=O) groups is 1. The highest BCUT2D eigenvalue weighted by Gasteiger charge is 2.05. The minimum atomic E-state index is -0.693. The van der Waals surface area contributed by atoms with E-state index in [4.69, 9.17) is 5.11 Å².